The standard InChI is InChI=1S/C20H24Cl2N2O/c1-14-12-17(22)8-9-18(14)24-11-10-23(2)19(13-25-3)20(24)15-4-6-16(21)7-5-15/h4-9,12,19-20H,10-11,13H2,1-3H3. The summed E-state index contributed by atoms with van der Waals surface area (Å²) in [4.78, 5) is 4.85. The van der Waals surface area contributed by atoms with Crippen molar-refractivity contribution in [1.29, 1.82) is 0 Å². The third kappa shape index (κ3) is 3.95. The monoisotopic (exact) mass is 378 g/mol. The van der Waals surface area contributed by atoms with Crippen LogP contribution < -0.4 is 4.90 Å². The maximum absolute atomic E-state index is 6.17. The van der Waals surface area contributed by atoms with Crippen LogP contribution in [0.15, 0.2) is 42.5 Å². The third-order valence-electron chi connectivity index (χ3n) is 4.98. The van der Waals surface area contributed by atoms with E-state index in [1.165, 1.54) is 16.8 Å². The minimum atomic E-state index is 0.191. The van der Waals surface area contributed by atoms with Gasteiger partial charge in [-0.05, 0) is 55.4 Å². The van der Waals surface area contributed by atoms with Crippen molar-refractivity contribution in [3.63, 3.8) is 0 Å². The highest BCUT2D eigenvalue weighted by molar-refractivity contribution is 6.31. The molecule has 2 unspecified atom stereocenters. The van der Waals surface area contributed by atoms with Crippen LogP contribution in [0.25, 0.3) is 0 Å². The second-order valence-corrected chi connectivity index (χ2v) is 7.50. The Morgan fingerprint density at radius 2 is 1.72 bits per heavy atom. The van der Waals surface area contributed by atoms with Gasteiger partial charge in [0, 0.05) is 35.9 Å². The quantitative estimate of drug-likeness (QED) is 0.758. The molecule has 0 bridgehead atoms. The van der Waals surface area contributed by atoms with Crippen LogP contribution in [-0.2, 0) is 4.74 Å². The Morgan fingerprint density at radius 3 is 2.36 bits per heavy atom. The SMILES string of the molecule is COCC1C(c2ccc(Cl)cc2)N(c2ccc(Cl)cc2C)CCN1C. The third-order valence-corrected chi connectivity index (χ3v) is 5.46. The van der Waals surface area contributed by atoms with Crippen molar-refractivity contribution < 1.29 is 4.74 Å². The lowest BCUT2D eigenvalue weighted by molar-refractivity contribution is 0.0745. The number of methoxy groups -OCH3 is 1. The minimum absolute atomic E-state index is 0.191. The summed E-state index contributed by atoms with van der Waals surface area (Å²) in [5, 5.41) is 1.53. The summed E-state index contributed by atoms with van der Waals surface area (Å²) >= 11 is 12.3. The number of benzene rings is 2. The zero-order valence-corrected chi connectivity index (χ0v) is 16.4. The number of halogens is 2. The molecule has 0 aliphatic carbocycles. The molecule has 2 aromatic rings. The van der Waals surface area contributed by atoms with Gasteiger partial charge in [0.1, 0.15) is 0 Å². The second-order valence-electron chi connectivity index (χ2n) is 6.62. The summed E-state index contributed by atoms with van der Waals surface area (Å²) in [6.45, 7) is 4.73. The molecule has 134 valence electrons. The van der Waals surface area contributed by atoms with Crippen molar-refractivity contribution in [3.8, 4) is 0 Å². The van der Waals surface area contributed by atoms with E-state index in [4.69, 9.17) is 27.9 Å². The Hall–Kier alpha value is -1.26. The van der Waals surface area contributed by atoms with Gasteiger partial charge in [-0.2, -0.15) is 0 Å². The lowest BCUT2D eigenvalue weighted by Crippen LogP contribution is -2.55. The molecule has 0 spiro atoms. The predicted octanol–water partition coefficient (Wildman–Crippen LogP) is 4.81. The first-order chi connectivity index (χ1) is 12.0. The number of likely N-dealkylation sites (N-methyl/N-ethyl adjacent to an activating group) is 1. The highest BCUT2D eigenvalue weighted by Crippen LogP contribution is 2.37. The van der Waals surface area contributed by atoms with Gasteiger partial charge < -0.3 is 9.64 Å². The molecule has 1 fully saturated rings. The number of ether oxygens (including phenoxy) is 1. The van der Waals surface area contributed by atoms with Crippen molar-refractivity contribution in [3.05, 3.63) is 63.6 Å². The fourth-order valence-electron chi connectivity index (χ4n) is 3.68. The van der Waals surface area contributed by atoms with Crippen molar-refractivity contribution in [1.82, 2.24) is 4.90 Å². The largest absolute Gasteiger partial charge is 0.383 e. The number of aryl methyl sites for hydroxylation is 1. The Labute approximate surface area is 160 Å². The lowest BCUT2D eigenvalue weighted by atomic mass is 9.93. The van der Waals surface area contributed by atoms with Crippen molar-refractivity contribution in [2.75, 3.05) is 38.8 Å². The number of piperazine rings is 1. The Bertz CT molecular complexity index is 720. The molecule has 25 heavy (non-hydrogen) atoms. The van der Waals surface area contributed by atoms with Gasteiger partial charge >= 0.3 is 0 Å². The molecule has 1 aliphatic heterocycles. The first-order valence-electron chi connectivity index (χ1n) is 8.48. The molecule has 0 amide bonds. The topological polar surface area (TPSA) is 15.7 Å². The zero-order valence-electron chi connectivity index (χ0n) is 14.9. The highest BCUT2D eigenvalue weighted by atomic mass is 35.5. The number of nitrogens with zero attached hydrogens (tertiary/aromatic N) is 2. The van der Waals surface area contributed by atoms with Crippen LogP contribution >= 0.6 is 23.2 Å². The molecule has 0 aromatic heterocycles. The summed E-state index contributed by atoms with van der Waals surface area (Å²) in [6.07, 6.45) is 0. The van der Waals surface area contributed by atoms with Gasteiger partial charge in [-0.1, -0.05) is 35.3 Å². The minimum Gasteiger partial charge on any atom is -0.383 e. The van der Waals surface area contributed by atoms with Gasteiger partial charge in [0.05, 0.1) is 18.7 Å². The predicted molar refractivity (Wildman–Crippen MR) is 106 cm³/mol. The normalized spacial score (nSPS) is 21.6. The van der Waals surface area contributed by atoms with E-state index in [1.807, 2.05) is 24.3 Å². The van der Waals surface area contributed by atoms with Crippen LogP contribution in [0.5, 0.6) is 0 Å². The molecular weight excluding hydrogens is 355 g/mol. The maximum atomic E-state index is 6.17. The highest BCUT2D eigenvalue weighted by Gasteiger charge is 2.36. The van der Waals surface area contributed by atoms with Gasteiger partial charge in [0.15, 0.2) is 0 Å². The van der Waals surface area contributed by atoms with Crippen LogP contribution in [0, 0.1) is 6.92 Å². The summed E-state index contributed by atoms with van der Waals surface area (Å²) in [7, 11) is 3.93. The molecule has 0 radical (unpaired) electrons. The molecule has 0 saturated carbocycles. The molecule has 2 atom stereocenters. The molecule has 1 saturated heterocycles. The molecule has 3 nitrogen and oxygen atoms in total. The van der Waals surface area contributed by atoms with E-state index in [2.05, 4.69) is 42.0 Å². The van der Waals surface area contributed by atoms with E-state index in [9.17, 15) is 0 Å². The zero-order chi connectivity index (χ0) is 18.0. The maximum Gasteiger partial charge on any atom is 0.0720 e. The van der Waals surface area contributed by atoms with E-state index in [0.29, 0.717) is 6.61 Å². The van der Waals surface area contributed by atoms with Crippen LogP contribution in [0.3, 0.4) is 0 Å². The smallest absolute Gasteiger partial charge is 0.0720 e. The first-order valence-corrected chi connectivity index (χ1v) is 9.24. The van der Waals surface area contributed by atoms with Gasteiger partial charge in [-0.3, -0.25) is 4.90 Å². The number of rotatable bonds is 4. The fraction of sp³-hybridized carbons (Fsp3) is 0.400. The van der Waals surface area contributed by atoms with Crippen molar-refractivity contribution >= 4 is 28.9 Å². The van der Waals surface area contributed by atoms with Crippen molar-refractivity contribution in [2.45, 2.75) is 19.0 Å². The average molecular weight is 379 g/mol. The van der Waals surface area contributed by atoms with E-state index in [-0.39, 0.29) is 12.1 Å². The molecule has 3 rings (SSSR count). The number of hydrogen-bond donors (Lipinski definition) is 0. The number of anilines is 1. The van der Waals surface area contributed by atoms with Crippen LogP contribution in [0.2, 0.25) is 10.0 Å². The summed E-state index contributed by atoms with van der Waals surface area (Å²) in [5.41, 5.74) is 3.65. The first kappa shape index (κ1) is 18.5. The van der Waals surface area contributed by atoms with E-state index >= 15 is 0 Å². The Kier molecular flexibility index (Phi) is 5.90. The summed E-state index contributed by atoms with van der Waals surface area (Å²) < 4.78 is 5.55. The summed E-state index contributed by atoms with van der Waals surface area (Å²) in [5.74, 6) is 0. The molecular formula is C20H24Cl2N2O. The second kappa shape index (κ2) is 7.96. The van der Waals surface area contributed by atoms with E-state index < -0.39 is 0 Å². The van der Waals surface area contributed by atoms with Crippen molar-refractivity contribution in [2.24, 2.45) is 0 Å². The van der Waals surface area contributed by atoms with Crippen LogP contribution in [-0.4, -0.2) is 44.8 Å². The van der Waals surface area contributed by atoms with Gasteiger partial charge in [-0.25, -0.2) is 0 Å². The van der Waals surface area contributed by atoms with Gasteiger partial charge in [0.25, 0.3) is 0 Å². The molecule has 5 heteroatoms. The van der Waals surface area contributed by atoms with E-state index in [0.717, 1.165) is 23.1 Å². The fourth-order valence-corrected chi connectivity index (χ4v) is 4.03. The molecule has 1 heterocycles. The van der Waals surface area contributed by atoms with Crippen LogP contribution in [0.1, 0.15) is 17.2 Å². The molecule has 2 aromatic carbocycles. The Morgan fingerprint density at radius 1 is 1.04 bits per heavy atom. The summed E-state index contributed by atoms with van der Waals surface area (Å²) in [6, 6.07) is 14.7. The lowest BCUT2D eigenvalue weighted by Gasteiger charge is -2.48. The molecule has 0 N–H and O–H groups in total. The number of hydrogen-bond acceptors (Lipinski definition) is 3. The van der Waals surface area contributed by atoms with Gasteiger partial charge in [-0.15, -0.1) is 0 Å². The Balaban J connectivity index is 2.06. The van der Waals surface area contributed by atoms with Crippen LogP contribution in [0.4, 0.5) is 5.69 Å². The van der Waals surface area contributed by atoms with Gasteiger partial charge in [0.2, 0.25) is 0 Å². The molecule has 1 aliphatic rings. The average Bonchev–Trinajstić information content (AvgIpc) is 2.58. The van der Waals surface area contributed by atoms with E-state index in [1.54, 1.807) is 7.11 Å².